The van der Waals surface area contributed by atoms with Crippen molar-refractivity contribution < 1.29 is 19.4 Å². The molecule has 2 N–H and O–H groups in total. The van der Waals surface area contributed by atoms with E-state index in [1.54, 1.807) is 24.3 Å². The van der Waals surface area contributed by atoms with Crippen molar-refractivity contribution in [3.63, 3.8) is 0 Å². The summed E-state index contributed by atoms with van der Waals surface area (Å²) in [5, 5.41) is 11.2. The van der Waals surface area contributed by atoms with E-state index >= 15 is 0 Å². The second-order valence-corrected chi connectivity index (χ2v) is 8.28. The van der Waals surface area contributed by atoms with Gasteiger partial charge in [0.25, 0.3) is 5.91 Å². The zero-order valence-corrected chi connectivity index (χ0v) is 18.7. The van der Waals surface area contributed by atoms with Crippen LogP contribution in [0.3, 0.4) is 0 Å². The molecular weight excluding hydrogens is 452 g/mol. The van der Waals surface area contributed by atoms with Crippen LogP contribution < -0.4 is 15.2 Å². The second kappa shape index (κ2) is 8.80. The smallest absolute Gasteiger partial charge is 0.433 e. The lowest BCUT2D eigenvalue weighted by Crippen LogP contribution is -2.46. The summed E-state index contributed by atoms with van der Waals surface area (Å²) in [4.78, 5) is 34.7. The van der Waals surface area contributed by atoms with Gasteiger partial charge >= 0.3 is 6.09 Å². The molecule has 0 spiro atoms. The first-order valence-electron chi connectivity index (χ1n) is 10.3. The molecule has 0 aliphatic heterocycles. The third-order valence-corrected chi connectivity index (χ3v) is 6.23. The lowest BCUT2D eigenvalue weighted by atomic mass is 10.0. The van der Waals surface area contributed by atoms with Crippen LogP contribution in [-0.4, -0.2) is 34.2 Å². The maximum absolute atomic E-state index is 13.6. The topological polar surface area (TPSA) is 105 Å². The van der Waals surface area contributed by atoms with Gasteiger partial charge in [-0.1, -0.05) is 72.0 Å². The number of hydrazine groups is 1. The molecule has 0 fully saturated rings. The molecule has 2 amide bonds. The van der Waals surface area contributed by atoms with Crippen LogP contribution in [0, 0.1) is 0 Å². The maximum Gasteiger partial charge on any atom is 0.433 e. The van der Waals surface area contributed by atoms with Gasteiger partial charge in [0.2, 0.25) is 5.13 Å². The summed E-state index contributed by atoms with van der Waals surface area (Å²) in [7, 11) is 1.46. The Morgan fingerprint density at radius 1 is 0.912 bits per heavy atom. The molecule has 8 nitrogen and oxygen atoms in total. The molecule has 5 aromatic rings. The van der Waals surface area contributed by atoms with Crippen LogP contribution in [-0.2, 0) is 0 Å². The lowest BCUT2D eigenvalue weighted by Gasteiger charge is -2.20. The van der Waals surface area contributed by atoms with Crippen LogP contribution in [0.15, 0.2) is 78.9 Å². The van der Waals surface area contributed by atoms with E-state index in [1.807, 2.05) is 54.6 Å². The first-order chi connectivity index (χ1) is 16.6. The van der Waals surface area contributed by atoms with Crippen LogP contribution in [0.4, 0.5) is 9.93 Å². The number of fused-ring (bicyclic) bond motifs is 2. The molecule has 0 unspecified atom stereocenters. The zero-order chi connectivity index (χ0) is 23.7. The molecule has 34 heavy (non-hydrogen) atoms. The number of carbonyl (C=O) groups excluding carboxylic acids is 1. The molecule has 9 heteroatoms. The fourth-order valence-electron chi connectivity index (χ4n) is 3.70. The van der Waals surface area contributed by atoms with Gasteiger partial charge in [-0.2, -0.15) is 5.01 Å². The Labute approximate surface area is 198 Å². The normalized spacial score (nSPS) is 10.9. The van der Waals surface area contributed by atoms with Crippen molar-refractivity contribution in [1.29, 1.82) is 0 Å². The Hall–Kier alpha value is -4.50. The molecular formula is C25H18N4O4S. The molecule has 0 saturated heterocycles. The Morgan fingerprint density at radius 3 is 2.29 bits per heavy atom. The number of carboxylic acid groups (broad SMARTS) is 1. The van der Waals surface area contributed by atoms with Crippen molar-refractivity contribution in [2.45, 2.75) is 0 Å². The van der Waals surface area contributed by atoms with Crippen molar-refractivity contribution in [3.8, 4) is 17.0 Å². The van der Waals surface area contributed by atoms with E-state index in [-0.39, 0.29) is 16.4 Å². The average molecular weight is 471 g/mol. The quantitative estimate of drug-likeness (QED) is 0.343. The van der Waals surface area contributed by atoms with Crippen molar-refractivity contribution in [2.75, 3.05) is 12.1 Å². The van der Waals surface area contributed by atoms with Crippen LogP contribution in [0.25, 0.3) is 32.4 Å². The van der Waals surface area contributed by atoms with Gasteiger partial charge in [0, 0.05) is 10.9 Å². The predicted molar refractivity (Wildman–Crippen MR) is 131 cm³/mol. The minimum atomic E-state index is -1.37. The summed E-state index contributed by atoms with van der Waals surface area (Å²) in [6.45, 7) is 0. The third kappa shape index (κ3) is 3.78. The number of methoxy groups -OCH3 is 1. The molecule has 3 aromatic carbocycles. The van der Waals surface area contributed by atoms with Crippen LogP contribution in [0.5, 0.6) is 5.75 Å². The van der Waals surface area contributed by atoms with Crippen LogP contribution >= 0.6 is 11.3 Å². The molecule has 0 bridgehead atoms. The predicted octanol–water partition coefficient (Wildman–Crippen LogP) is 5.35. The van der Waals surface area contributed by atoms with E-state index in [0.717, 1.165) is 26.6 Å². The molecule has 0 atom stereocenters. The summed E-state index contributed by atoms with van der Waals surface area (Å²) in [6, 6.07) is 23.8. The molecule has 0 aliphatic carbocycles. The highest BCUT2D eigenvalue weighted by atomic mass is 32.1. The molecule has 168 valence electrons. The Kier molecular flexibility index (Phi) is 5.52. The standard InChI is InChI=1S/C25H18N4O4S/c1-33-22-20(16-11-5-6-12-17(16)26-21(22)15-9-3-2-4-10-15)23(30)28-29(25(31)32)24-27-18-13-7-8-14-19(18)34-24/h2-14H,1H3,(H,28,30)(H,31,32). The second-order valence-electron chi connectivity index (χ2n) is 7.27. The number of para-hydroxylation sites is 2. The molecule has 5 rings (SSSR count). The number of nitrogens with zero attached hydrogens (tertiary/aromatic N) is 3. The average Bonchev–Trinajstić information content (AvgIpc) is 3.30. The number of ether oxygens (including phenoxy) is 1. The fourth-order valence-corrected chi connectivity index (χ4v) is 4.62. The van der Waals surface area contributed by atoms with Crippen LogP contribution in [0.1, 0.15) is 10.4 Å². The monoisotopic (exact) mass is 470 g/mol. The van der Waals surface area contributed by atoms with Gasteiger partial charge in [0.05, 0.1) is 28.4 Å². The molecule has 0 saturated carbocycles. The number of pyridine rings is 1. The SMILES string of the molecule is COc1c(-c2ccccc2)nc2ccccc2c1C(=O)NN(C(=O)O)c1nc2ccccc2s1. The summed E-state index contributed by atoms with van der Waals surface area (Å²) in [5.41, 5.74) is 5.13. The Morgan fingerprint density at radius 2 is 1.59 bits per heavy atom. The van der Waals surface area contributed by atoms with E-state index < -0.39 is 12.0 Å². The van der Waals surface area contributed by atoms with Gasteiger partial charge in [-0.05, 0) is 18.2 Å². The first-order valence-corrected chi connectivity index (χ1v) is 11.1. The minimum Gasteiger partial charge on any atom is -0.494 e. The fraction of sp³-hybridized carbons (Fsp3) is 0.0400. The van der Waals surface area contributed by atoms with Gasteiger partial charge in [0.1, 0.15) is 5.69 Å². The highest BCUT2D eigenvalue weighted by Crippen LogP contribution is 2.36. The van der Waals surface area contributed by atoms with E-state index in [2.05, 4.69) is 10.4 Å². The highest BCUT2D eigenvalue weighted by Gasteiger charge is 2.27. The number of rotatable bonds is 4. The number of amides is 2. The summed E-state index contributed by atoms with van der Waals surface area (Å²) in [6.07, 6.45) is -1.37. The number of hydrogen-bond acceptors (Lipinski definition) is 6. The number of thiazole rings is 1. The van der Waals surface area contributed by atoms with E-state index in [9.17, 15) is 14.7 Å². The van der Waals surface area contributed by atoms with E-state index in [1.165, 1.54) is 7.11 Å². The van der Waals surface area contributed by atoms with Crippen LogP contribution in [0.2, 0.25) is 0 Å². The van der Waals surface area contributed by atoms with Gasteiger partial charge < -0.3 is 9.84 Å². The molecule has 0 radical (unpaired) electrons. The summed E-state index contributed by atoms with van der Waals surface area (Å²) in [5.74, 6) is -0.411. The third-order valence-electron chi connectivity index (χ3n) is 5.20. The molecule has 2 heterocycles. The minimum absolute atomic E-state index is 0.127. The number of hydrogen-bond donors (Lipinski definition) is 2. The summed E-state index contributed by atoms with van der Waals surface area (Å²) >= 11 is 1.16. The number of carbonyl (C=O) groups is 2. The van der Waals surface area contributed by atoms with E-state index in [0.29, 0.717) is 22.1 Å². The van der Waals surface area contributed by atoms with Crippen molar-refractivity contribution in [2.24, 2.45) is 0 Å². The number of aromatic nitrogens is 2. The van der Waals surface area contributed by atoms with Crippen molar-refractivity contribution in [3.05, 3.63) is 84.4 Å². The van der Waals surface area contributed by atoms with Crippen molar-refractivity contribution >= 4 is 49.6 Å². The number of anilines is 1. The Bertz CT molecular complexity index is 1500. The van der Waals surface area contributed by atoms with Gasteiger partial charge in [-0.25, -0.2) is 14.8 Å². The first kappa shape index (κ1) is 21.4. The number of benzene rings is 3. The Balaban J connectivity index is 1.63. The summed E-state index contributed by atoms with van der Waals surface area (Å²) < 4.78 is 6.46. The number of nitrogens with one attached hydrogen (secondary N) is 1. The van der Waals surface area contributed by atoms with Gasteiger partial charge in [-0.15, -0.1) is 0 Å². The zero-order valence-electron chi connectivity index (χ0n) is 17.9. The molecule has 2 aromatic heterocycles. The van der Waals surface area contributed by atoms with Gasteiger partial charge in [-0.3, -0.25) is 10.2 Å². The maximum atomic E-state index is 13.6. The lowest BCUT2D eigenvalue weighted by molar-refractivity contribution is 0.0943. The van der Waals surface area contributed by atoms with Gasteiger partial charge in [0.15, 0.2) is 5.75 Å². The van der Waals surface area contributed by atoms with E-state index in [4.69, 9.17) is 9.72 Å². The largest absolute Gasteiger partial charge is 0.494 e. The highest BCUT2D eigenvalue weighted by molar-refractivity contribution is 7.22. The molecule has 0 aliphatic rings. The van der Waals surface area contributed by atoms with Crippen molar-refractivity contribution in [1.82, 2.24) is 15.4 Å².